The van der Waals surface area contributed by atoms with E-state index in [9.17, 15) is 5.11 Å². The van der Waals surface area contributed by atoms with Crippen molar-refractivity contribution in [2.45, 2.75) is 44.8 Å². The van der Waals surface area contributed by atoms with Crippen LogP contribution in [0, 0.1) is 11.8 Å². The highest BCUT2D eigenvalue weighted by Crippen LogP contribution is 2.62. The Balaban J connectivity index is 2.02. The molecule has 0 radical (unpaired) electrons. The topological polar surface area (TPSA) is 47.3 Å². The van der Waals surface area contributed by atoms with Gasteiger partial charge in [0.05, 0.1) is 13.3 Å². The van der Waals surface area contributed by atoms with E-state index in [1.165, 1.54) is 0 Å². The third-order valence-electron chi connectivity index (χ3n) is 4.30. The molecule has 0 spiro atoms. The summed E-state index contributed by atoms with van der Waals surface area (Å²) in [4.78, 5) is 0. The van der Waals surface area contributed by atoms with Crippen molar-refractivity contribution in [3.05, 3.63) is 11.9 Å². The molecule has 3 rings (SSSR count). The first-order chi connectivity index (χ1) is 8.20. The molecule has 2 aliphatic carbocycles. The number of methoxy groups -OCH3 is 1. The SMILES string of the molecule is CCCn1ncc(OC)c1C1(O)CCC2CC21. The largest absolute Gasteiger partial charge is 0.493 e. The van der Waals surface area contributed by atoms with Gasteiger partial charge >= 0.3 is 0 Å². The van der Waals surface area contributed by atoms with Gasteiger partial charge in [0.25, 0.3) is 0 Å². The second kappa shape index (κ2) is 3.73. The Hall–Kier alpha value is -1.03. The van der Waals surface area contributed by atoms with Crippen molar-refractivity contribution < 1.29 is 9.84 Å². The maximum Gasteiger partial charge on any atom is 0.162 e. The van der Waals surface area contributed by atoms with E-state index in [1.807, 2.05) is 4.68 Å². The zero-order valence-corrected chi connectivity index (χ0v) is 10.5. The number of aromatic nitrogens is 2. The number of ether oxygens (including phenoxy) is 1. The first-order valence-electron chi connectivity index (χ1n) is 6.53. The summed E-state index contributed by atoms with van der Waals surface area (Å²) in [5, 5.41) is 15.3. The molecule has 0 aromatic carbocycles. The summed E-state index contributed by atoms with van der Waals surface area (Å²) in [6.07, 6.45) is 5.91. The molecule has 2 saturated carbocycles. The van der Waals surface area contributed by atoms with Crippen molar-refractivity contribution >= 4 is 0 Å². The molecular weight excluding hydrogens is 216 g/mol. The lowest BCUT2D eigenvalue weighted by Crippen LogP contribution is -2.30. The van der Waals surface area contributed by atoms with E-state index in [0.29, 0.717) is 5.92 Å². The summed E-state index contributed by atoms with van der Waals surface area (Å²) in [6.45, 7) is 2.97. The third-order valence-corrected chi connectivity index (χ3v) is 4.30. The lowest BCUT2D eigenvalue weighted by Gasteiger charge is -2.26. The summed E-state index contributed by atoms with van der Waals surface area (Å²) in [5.41, 5.74) is 0.216. The van der Waals surface area contributed by atoms with Gasteiger partial charge in [0, 0.05) is 6.54 Å². The molecule has 1 aromatic heterocycles. The molecule has 1 aromatic rings. The minimum Gasteiger partial charge on any atom is -0.493 e. The Morgan fingerprint density at radius 2 is 2.47 bits per heavy atom. The van der Waals surface area contributed by atoms with Gasteiger partial charge in [-0.25, -0.2) is 0 Å². The molecule has 0 bridgehead atoms. The van der Waals surface area contributed by atoms with Gasteiger partial charge in [0.15, 0.2) is 5.75 Å². The predicted octanol–water partition coefficient (Wildman–Crippen LogP) is 1.92. The molecular formula is C13H20N2O2. The molecule has 2 aliphatic rings. The molecule has 3 unspecified atom stereocenters. The molecule has 0 amide bonds. The van der Waals surface area contributed by atoms with E-state index < -0.39 is 5.60 Å². The smallest absolute Gasteiger partial charge is 0.162 e. The van der Waals surface area contributed by atoms with E-state index in [1.54, 1.807) is 13.3 Å². The molecule has 4 heteroatoms. The fourth-order valence-electron chi connectivity index (χ4n) is 3.37. The fourth-order valence-corrected chi connectivity index (χ4v) is 3.37. The molecule has 0 aliphatic heterocycles. The van der Waals surface area contributed by atoms with E-state index >= 15 is 0 Å². The van der Waals surface area contributed by atoms with Gasteiger partial charge in [0.2, 0.25) is 0 Å². The third kappa shape index (κ3) is 1.50. The van der Waals surface area contributed by atoms with Gasteiger partial charge in [0.1, 0.15) is 11.3 Å². The van der Waals surface area contributed by atoms with Crippen LogP contribution in [0.1, 0.15) is 38.3 Å². The normalized spacial score (nSPS) is 34.8. The second-order valence-electron chi connectivity index (χ2n) is 5.35. The molecule has 4 nitrogen and oxygen atoms in total. The molecule has 17 heavy (non-hydrogen) atoms. The van der Waals surface area contributed by atoms with Crippen molar-refractivity contribution in [1.29, 1.82) is 0 Å². The van der Waals surface area contributed by atoms with Crippen LogP contribution >= 0.6 is 0 Å². The van der Waals surface area contributed by atoms with Crippen molar-refractivity contribution in [3.63, 3.8) is 0 Å². The van der Waals surface area contributed by atoms with Crippen LogP contribution in [0.3, 0.4) is 0 Å². The standard InChI is InChI=1S/C13H20N2O2/c1-3-6-15-12(11(17-2)8-14-15)13(16)5-4-9-7-10(9)13/h8-10,16H,3-7H2,1-2H3. The Bertz CT molecular complexity index is 429. The van der Waals surface area contributed by atoms with Crippen LogP contribution in [0.15, 0.2) is 6.20 Å². The highest BCUT2D eigenvalue weighted by molar-refractivity contribution is 5.34. The lowest BCUT2D eigenvalue weighted by atomic mass is 9.92. The molecule has 0 saturated heterocycles. The van der Waals surface area contributed by atoms with E-state index in [0.717, 1.165) is 49.6 Å². The van der Waals surface area contributed by atoms with Crippen molar-refractivity contribution in [1.82, 2.24) is 9.78 Å². The average molecular weight is 236 g/mol. The maximum absolute atomic E-state index is 10.9. The number of rotatable bonds is 4. The van der Waals surface area contributed by atoms with Crippen LogP contribution in [-0.4, -0.2) is 22.0 Å². The van der Waals surface area contributed by atoms with Gasteiger partial charge in [-0.05, 0) is 37.5 Å². The predicted molar refractivity (Wildman–Crippen MR) is 63.8 cm³/mol. The lowest BCUT2D eigenvalue weighted by molar-refractivity contribution is 0.00942. The van der Waals surface area contributed by atoms with Gasteiger partial charge in [-0.2, -0.15) is 5.10 Å². The van der Waals surface area contributed by atoms with Crippen molar-refractivity contribution in [3.8, 4) is 5.75 Å². The fraction of sp³-hybridized carbons (Fsp3) is 0.769. The average Bonchev–Trinajstić information content (AvgIpc) is 2.90. The minimum atomic E-state index is -0.693. The molecule has 1 heterocycles. The first-order valence-corrected chi connectivity index (χ1v) is 6.53. The van der Waals surface area contributed by atoms with Gasteiger partial charge in [-0.15, -0.1) is 0 Å². The van der Waals surface area contributed by atoms with E-state index in [-0.39, 0.29) is 0 Å². The number of aliphatic hydroxyl groups is 1. The summed E-state index contributed by atoms with van der Waals surface area (Å²) < 4.78 is 7.30. The Morgan fingerprint density at radius 1 is 1.65 bits per heavy atom. The first kappa shape index (κ1) is 11.1. The zero-order valence-electron chi connectivity index (χ0n) is 10.5. The summed E-state index contributed by atoms with van der Waals surface area (Å²) in [5.74, 6) is 1.91. The summed E-state index contributed by atoms with van der Waals surface area (Å²) in [6, 6.07) is 0. The molecule has 2 fully saturated rings. The minimum absolute atomic E-state index is 0.434. The van der Waals surface area contributed by atoms with Crippen LogP contribution in [0.4, 0.5) is 0 Å². The van der Waals surface area contributed by atoms with Crippen LogP contribution in [-0.2, 0) is 12.1 Å². The second-order valence-corrected chi connectivity index (χ2v) is 5.35. The number of nitrogens with zero attached hydrogens (tertiary/aromatic N) is 2. The van der Waals surface area contributed by atoms with E-state index in [4.69, 9.17) is 4.74 Å². The number of aryl methyl sites for hydroxylation is 1. The highest BCUT2D eigenvalue weighted by Gasteiger charge is 2.60. The Labute approximate surface area is 102 Å². The van der Waals surface area contributed by atoms with Gasteiger partial charge < -0.3 is 9.84 Å². The van der Waals surface area contributed by atoms with Crippen molar-refractivity contribution in [2.24, 2.45) is 11.8 Å². The number of hydrogen-bond acceptors (Lipinski definition) is 3. The van der Waals surface area contributed by atoms with Crippen LogP contribution in [0.25, 0.3) is 0 Å². The van der Waals surface area contributed by atoms with Crippen LogP contribution < -0.4 is 4.74 Å². The number of hydrogen-bond donors (Lipinski definition) is 1. The monoisotopic (exact) mass is 236 g/mol. The van der Waals surface area contributed by atoms with Crippen LogP contribution in [0.5, 0.6) is 5.75 Å². The molecule has 1 N–H and O–H groups in total. The zero-order chi connectivity index (χ0) is 12.0. The molecule has 94 valence electrons. The number of fused-ring (bicyclic) bond motifs is 1. The van der Waals surface area contributed by atoms with Crippen molar-refractivity contribution in [2.75, 3.05) is 7.11 Å². The highest BCUT2D eigenvalue weighted by atomic mass is 16.5. The molecule has 3 atom stereocenters. The summed E-state index contributed by atoms with van der Waals surface area (Å²) in [7, 11) is 1.65. The quantitative estimate of drug-likeness (QED) is 0.868. The van der Waals surface area contributed by atoms with Gasteiger partial charge in [-0.1, -0.05) is 6.92 Å². The van der Waals surface area contributed by atoms with E-state index in [2.05, 4.69) is 12.0 Å². The van der Waals surface area contributed by atoms with Gasteiger partial charge in [-0.3, -0.25) is 4.68 Å². The Kier molecular flexibility index (Phi) is 2.43. The Morgan fingerprint density at radius 3 is 3.00 bits per heavy atom. The maximum atomic E-state index is 10.9. The van der Waals surface area contributed by atoms with Crippen LogP contribution in [0.2, 0.25) is 0 Å². The summed E-state index contributed by atoms with van der Waals surface area (Å²) >= 11 is 0.